The van der Waals surface area contributed by atoms with Gasteiger partial charge in [0.1, 0.15) is 0 Å². The third kappa shape index (κ3) is 6.93. The van der Waals surface area contributed by atoms with Crippen LogP contribution in [-0.4, -0.2) is 43.1 Å². The van der Waals surface area contributed by atoms with Crippen LogP contribution in [-0.2, 0) is 11.3 Å². The van der Waals surface area contributed by atoms with Crippen molar-refractivity contribution < 1.29 is 17.7 Å². The number of hydrogen-bond acceptors (Lipinski definition) is 2. The maximum Gasteiger partial charge on any atom is 0.0984 e. The first kappa shape index (κ1) is 10.8. The maximum absolute atomic E-state index is 10.4. The van der Waals surface area contributed by atoms with Gasteiger partial charge in [0, 0.05) is 29.6 Å². The van der Waals surface area contributed by atoms with Crippen molar-refractivity contribution in [2.45, 2.75) is 0 Å². The van der Waals surface area contributed by atoms with Crippen molar-refractivity contribution in [3.63, 3.8) is 0 Å². The second-order valence-corrected chi connectivity index (χ2v) is 1.13. The maximum atomic E-state index is 10.4. The van der Waals surface area contributed by atoms with E-state index in [-0.39, 0.29) is 29.6 Å². The minimum absolute atomic E-state index is 0. The average molecular weight is 139 g/mol. The summed E-state index contributed by atoms with van der Waals surface area (Å²) in [5.41, 5.74) is 0. The van der Waals surface area contributed by atoms with Crippen LogP contribution in [0.1, 0.15) is 0 Å². The van der Waals surface area contributed by atoms with E-state index in [0.29, 0.717) is 0 Å². The predicted molar refractivity (Wildman–Crippen MR) is 18.7 cm³/mol. The molecule has 1 unspecified atom stereocenters. The Morgan fingerprint density at radius 1 is 1.57 bits per heavy atom. The van der Waals surface area contributed by atoms with Gasteiger partial charge in [-0.25, -0.2) is 0 Å². The fourth-order valence-corrected chi connectivity index (χ4v) is 0. The number of nitrogens with zero attached hydrogens (tertiary/aromatic N) is 1. The molecule has 39 valence electrons. The van der Waals surface area contributed by atoms with E-state index >= 15 is 0 Å². The van der Waals surface area contributed by atoms with E-state index in [1.807, 2.05) is 0 Å². The summed E-state index contributed by atoms with van der Waals surface area (Å²) in [7, 11) is 0. The van der Waals surface area contributed by atoms with Gasteiger partial charge in [-0.1, -0.05) is 8.96 Å². The number of hydrogen-bond donors (Lipinski definition) is 0. The molecule has 0 spiro atoms. The van der Waals surface area contributed by atoms with Crippen LogP contribution in [0.3, 0.4) is 0 Å². The first-order valence-corrected chi connectivity index (χ1v) is 1.89. The Hall–Kier alpha value is 0.930. The van der Waals surface area contributed by atoms with E-state index < -0.39 is 16.0 Å². The van der Waals surface area contributed by atoms with Gasteiger partial charge >= 0.3 is 0 Å². The fourth-order valence-electron chi connectivity index (χ4n) is 0. The standard InChI is InChI=1S/F2HNO2S.Na/c1-3(2)6(4)5;/h(H,4,5);/p-1. The van der Waals surface area contributed by atoms with Crippen LogP contribution < -0.4 is 0 Å². The zero-order chi connectivity index (χ0) is 5.15. The molecule has 1 atom stereocenters. The molecular formula is F2NNaO2S-. The molecule has 0 aliphatic heterocycles. The minimum atomic E-state index is -3.37. The van der Waals surface area contributed by atoms with Gasteiger partial charge in [-0.2, -0.15) is 0 Å². The van der Waals surface area contributed by atoms with Gasteiger partial charge in [0.2, 0.25) is 0 Å². The number of rotatable bonds is 1. The Bertz CT molecular complexity index is 66.7. The van der Waals surface area contributed by atoms with Crippen molar-refractivity contribution in [2.75, 3.05) is 0 Å². The molecule has 0 aliphatic rings. The monoisotopic (exact) mass is 139 g/mol. The summed E-state index contributed by atoms with van der Waals surface area (Å²) < 4.78 is 36.6. The summed E-state index contributed by atoms with van der Waals surface area (Å²) in [4.78, 5) is 0. The molecule has 3 nitrogen and oxygen atoms in total. The Morgan fingerprint density at radius 2 is 1.71 bits per heavy atom. The quantitative estimate of drug-likeness (QED) is 0.278. The van der Waals surface area contributed by atoms with Gasteiger partial charge in [-0.3, -0.25) is 4.21 Å². The van der Waals surface area contributed by atoms with Crippen LogP contribution in [0.25, 0.3) is 0 Å². The fraction of sp³-hybridized carbons (Fsp3) is 0. The largest absolute Gasteiger partial charge is 0.756 e. The van der Waals surface area contributed by atoms with E-state index in [9.17, 15) is 8.96 Å². The molecule has 0 aromatic carbocycles. The summed E-state index contributed by atoms with van der Waals surface area (Å²) in [6.45, 7) is 0. The summed E-state index contributed by atoms with van der Waals surface area (Å²) in [5.74, 6) is 0. The molecule has 7 heavy (non-hydrogen) atoms. The average Bonchev–Trinajstić information content (AvgIpc) is 1.36. The second-order valence-electron chi connectivity index (χ2n) is 0.419. The van der Waals surface area contributed by atoms with Crippen LogP contribution in [0.4, 0.5) is 8.96 Å². The second kappa shape index (κ2) is 5.07. The third-order valence-electron chi connectivity index (χ3n) is 0.113. The minimum Gasteiger partial charge on any atom is -0.756 e. The van der Waals surface area contributed by atoms with Gasteiger partial charge in [0.05, 0.1) is 16.0 Å². The van der Waals surface area contributed by atoms with Crippen molar-refractivity contribution in [1.29, 1.82) is 0 Å². The Morgan fingerprint density at radius 3 is 1.71 bits per heavy atom. The topological polar surface area (TPSA) is 43.4 Å². The van der Waals surface area contributed by atoms with Gasteiger partial charge in [-0.05, 0) is 0 Å². The SMILES string of the molecule is O=S([O-])N(F)F.[Na]. The molecule has 0 aliphatic carbocycles. The van der Waals surface area contributed by atoms with Gasteiger partial charge in [0.25, 0.3) is 0 Å². The van der Waals surface area contributed by atoms with Crippen molar-refractivity contribution >= 4 is 40.8 Å². The van der Waals surface area contributed by atoms with Crippen molar-refractivity contribution in [2.24, 2.45) is 0 Å². The van der Waals surface area contributed by atoms with Crippen LogP contribution in [0, 0.1) is 0 Å². The van der Waals surface area contributed by atoms with Gasteiger partial charge < -0.3 is 4.55 Å². The van der Waals surface area contributed by atoms with Crippen LogP contribution in [0.5, 0.6) is 0 Å². The van der Waals surface area contributed by atoms with Gasteiger partial charge in [-0.15, -0.1) is 0 Å². The molecule has 7 heteroatoms. The first-order valence-electron chi connectivity index (χ1n) is 0.854. The van der Waals surface area contributed by atoms with Crippen molar-refractivity contribution in [3.05, 3.63) is 0 Å². The molecular weight excluding hydrogens is 139 g/mol. The first-order chi connectivity index (χ1) is 2.64. The molecule has 0 N–H and O–H groups in total. The van der Waals surface area contributed by atoms with E-state index in [4.69, 9.17) is 8.76 Å². The molecule has 0 aromatic rings. The molecule has 0 fully saturated rings. The van der Waals surface area contributed by atoms with Crippen LogP contribution in [0.2, 0.25) is 0 Å². The van der Waals surface area contributed by atoms with Crippen LogP contribution in [0.15, 0.2) is 0 Å². The smallest absolute Gasteiger partial charge is 0.0984 e. The zero-order valence-electron chi connectivity index (χ0n) is 3.43. The molecule has 0 saturated heterocycles. The van der Waals surface area contributed by atoms with E-state index in [1.165, 1.54) is 0 Å². The van der Waals surface area contributed by atoms with Crippen molar-refractivity contribution in [1.82, 2.24) is 4.75 Å². The molecule has 0 bridgehead atoms. The zero-order valence-corrected chi connectivity index (χ0v) is 6.24. The summed E-state index contributed by atoms with van der Waals surface area (Å²) in [6.07, 6.45) is 0. The number of halogens is 2. The molecule has 0 amide bonds. The van der Waals surface area contributed by atoms with E-state index in [1.54, 1.807) is 0 Å². The van der Waals surface area contributed by atoms with Crippen LogP contribution >= 0.6 is 0 Å². The van der Waals surface area contributed by atoms with E-state index in [2.05, 4.69) is 0 Å². The summed E-state index contributed by atoms with van der Waals surface area (Å²) in [5, 5.41) is 0. The Labute approximate surface area is 63.3 Å². The summed E-state index contributed by atoms with van der Waals surface area (Å²) >= 11 is -3.37. The Balaban J connectivity index is 0. The van der Waals surface area contributed by atoms with Gasteiger partial charge in [0.15, 0.2) is 0 Å². The summed E-state index contributed by atoms with van der Waals surface area (Å²) in [6, 6.07) is 0. The molecule has 0 heterocycles. The van der Waals surface area contributed by atoms with Crippen molar-refractivity contribution in [3.8, 4) is 0 Å². The third-order valence-corrected chi connectivity index (χ3v) is 0.338. The van der Waals surface area contributed by atoms with E-state index in [0.717, 1.165) is 0 Å². The molecule has 1 radical (unpaired) electrons. The molecule has 0 rings (SSSR count). The predicted octanol–water partition coefficient (Wildman–Crippen LogP) is -0.529. The molecule has 0 saturated carbocycles. The normalized spacial score (nSPS) is 13.1. The Kier molecular flexibility index (Phi) is 7.85. The molecule has 0 aromatic heterocycles.